The van der Waals surface area contributed by atoms with Crippen LogP contribution in [-0.2, 0) is 19.2 Å². The van der Waals surface area contributed by atoms with Crippen LogP contribution in [0.4, 0.5) is 0 Å². The lowest BCUT2D eigenvalue weighted by atomic mass is 9.46. The third kappa shape index (κ3) is 6.09. The van der Waals surface area contributed by atoms with Crippen LogP contribution in [0, 0.1) is 52.8 Å². The average molecular weight is 598 g/mol. The quantitative estimate of drug-likeness (QED) is 0.217. The number of fused-ring (bicyclic) bond motifs is 5. The third-order valence-corrected chi connectivity index (χ3v) is 11.8. The second kappa shape index (κ2) is 12.6. The second-order valence-corrected chi connectivity index (χ2v) is 14.4. The average Bonchev–Trinajstić information content (AvgIpc) is 3.24. The van der Waals surface area contributed by atoms with E-state index in [0.717, 1.165) is 50.7 Å². The van der Waals surface area contributed by atoms with Crippen molar-refractivity contribution in [1.82, 2.24) is 10.6 Å². The van der Waals surface area contributed by atoms with E-state index in [0.29, 0.717) is 30.6 Å². The van der Waals surface area contributed by atoms with Crippen LogP contribution in [0.25, 0.3) is 0 Å². The van der Waals surface area contributed by atoms with Gasteiger partial charge in [0.15, 0.2) is 6.61 Å². The fraction of sp³-hybridized carbons (Fsp3) is 0.765. The highest BCUT2D eigenvalue weighted by molar-refractivity contribution is 5.96. The summed E-state index contributed by atoms with van der Waals surface area (Å²) in [4.78, 5) is 42.7. The fourth-order valence-electron chi connectivity index (χ4n) is 8.75. The van der Waals surface area contributed by atoms with Crippen LogP contribution in [0.1, 0.15) is 99.3 Å². The molecule has 3 saturated carbocycles. The molecule has 9 atom stereocenters. The zero-order valence-corrected chi connectivity index (χ0v) is 26.7. The van der Waals surface area contributed by atoms with Gasteiger partial charge < -0.3 is 25.7 Å². The summed E-state index contributed by atoms with van der Waals surface area (Å²) in [5.41, 5.74) is 1.09. The lowest BCUT2D eigenvalue weighted by molar-refractivity contribution is -0.144. The minimum absolute atomic E-state index is 0.0818. The van der Waals surface area contributed by atoms with E-state index in [1.807, 2.05) is 6.92 Å². The molecule has 0 aromatic rings. The van der Waals surface area contributed by atoms with Gasteiger partial charge in [0.05, 0.1) is 5.71 Å². The van der Waals surface area contributed by atoms with Crippen molar-refractivity contribution in [1.29, 1.82) is 0 Å². The van der Waals surface area contributed by atoms with Crippen LogP contribution in [0.3, 0.4) is 0 Å². The Bertz CT molecular complexity index is 1200. The van der Waals surface area contributed by atoms with Crippen LogP contribution >= 0.6 is 0 Å². The van der Waals surface area contributed by atoms with Gasteiger partial charge in [-0.3, -0.25) is 9.59 Å². The zero-order valence-electron chi connectivity index (χ0n) is 26.7. The number of oxime groups is 1. The maximum atomic E-state index is 12.9. The predicted octanol–water partition coefficient (Wildman–Crippen LogP) is 4.44. The number of hydrogen-bond donors (Lipinski definition) is 4. The first-order chi connectivity index (χ1) is 20.2. The highest BCUT2D eigenvalue weighted by Crippen LogP contribution is 2.67. The Morgan fingerprint density at radius 3 is 2.40 bits per heavy atom. The molecule has 43 heavy (non-hydrogen) atoms. The van der Waals surface area contributed by atoms with Gasteiger partial charge in [0.25, 0.3) is 5.91 Å². The van der Waals surface area contributed by atoms with Crippen LogP contribution in [-0.4, -0.2) is 58.0 Å². The Morgan fingerprint density at radius 2 is 1.77 bits per heavy atom. The smallest absolute Gasteiger partial charge is 0.326 e. The molecule has 0 aromatic heterocycles. The van der Waals surface area contributed by atoms with E-state index in [-0.39, 0.29) is 29.3 Å². The Morgan fingerprint density at radius 1 is 1.07 bits per heavy atom. The number of allylic oxidation sites excluding steroid dienone is 2. The minimum atomic E-state index is -1.10. The second-order valence-electron chi connectivity index (χ2n) is 14.4. The molecule has 4 aliphatic rings. The predicted molar refractivity (Wildman–Crippen MR) is 165 cm³/mol. The lowest BCUT2D eigenvalue weighted by Crippen LogP contribution is -2.55. The van der Waals surface area contributed by atoms with Crippen molar-refractivity contribution in [2.75, 3.05) is 6.61 Å². The Kier molecular flexibility index (Phi) is 9.71. The van der Waals surface area contributed by atoms with Gasteiger partial charge in [-0.05, 0) is 92.4 Å². The zero-order chi connectivity index (χ0) is 31.7. The maximum Gasteiger partial charge on any atom is 0.326 e. The van der Waals surface area contributed by atoms with Crippen molar-refractivity contribution >= 4 is 23.5 Å². The molecule has 238 valence electrons. The van der Waals surface area contributed by atoms with E-state index >= 15 is 0 Å². The Hall–Kier alpha value is -2.86. The number of nitrogens with zero attached hydrogens (tertiary/aromatic N) is 1. The molecule has 0 heterocycles. The van der Waals surface area contributed by atoms with Gasteiger partial charge in [-0.1, -0.05) is 64.6 Å². The van der Waals surface area contributed by atoms with E-state index in [4.69, 9.17) is 11.3 Å². The molecule has 0 aromatic carbocycles. The van der Waals surface area contributed by atoms with Crippen molar-refractivity contribution in [3.05, 3.63) is 11.6 Å². The van der Waals surface area contributed by atoms with Crippen molar-refractivity contribution in [2.45, 2.75) is 117 Å². The molecule has 3 fully saturated rings. The molecule has 4 rings (SSSR count). The summed E-state index contributed by atoms with van der Waals surface area (Å²) in [5, 5.41) is 30.3. The van der Waals surface area contributed by atoms with Crippen molar-refractivity contribution in [3.8, 4) is 12.3 Å². The van der Waals surface area contributed by atoms with E-state index < -0.39 is 35.5 Å². The highest BCUT2D eigenvalue weighted by atomic mass is 16.6. The largest absolute Gasteiger partial charge is 0.480 e. The third-order valence-electron chi connectivity index (χ3n) is 11.8. The van der Waals surface area contributed by atoms with Gasteiger partial charge in [-0.25, -0.2) is 4.79 Å². The summed E-state index contributed by atoms with van der Waals surface area (Å²) >= 11 is 0. The van der Waals surface area contributed by atoms with Gasteiger partial charge in [0.1, 0.15) is 17.7 Å². The molecular weight excluding hydrogens is 546 g/mol. The van der Waals surface area contributed by atoms with Gasteiger partial charge in [0.2, 0.25) is 5.91 Å². The molecule has 2 amide bonds. The number of carbonyl (C=O) groups excluding carboxylic acids is 2. The molecule has 0 spiro atoms. The number of amides is 2. The van der Waals surface area contributed by atoms with Crippen molar-refractivity contribution in [2.24, 2.45) is 45.6 Å². The Balaban J connectivity index is 1.35. The number of carbonyl (C=O) groups is 3. The molecule has 9 nitrogen and oxygen atoms in total. The normalized spacial score (nSPS) is 36.2. The molecule has 0 saturated heterocycles. The van der Waals surface area contributed by atoms with Gasteiger partial charge in [0, 0.05) is 5.41 Å². The summed E-state index contributed by atoms with van der Waals surface area (Å²) in [6.45, 7) is 11.5. The van der Waals surface area contributed by atoms with E-state index in [1.165, 1.54) is 5.57 Å². The molecule has 0 bridgehead atoms. The minimum Gasteiger partial charge on any atom is -0.480 e. The van der Waals surface area contributed by atoms with Crippen molar-refractivity contribution in [3.63, 3.8) is 0 Å². The molecule has 4 N–H and O–H groups in total. The van der Waals surface area contributed by atoms with E-state index in [9.17, 15) is 24.6 Å². The first-order valence-corrected chi connectivity index (χ1v) is 16.1. The number of nitrogens with one attached hydrogen (secondary N) is 2. The number of terminal acetylenes is 1. The number of carboxylic acids is 1. The van der Waals surface area contributed by atoms with Gasteiger partial charge >= 0.3 is 5.97 Å². The molecule has 0 aliphatic heterocycles. The molecule has 0 unspecified atom stereocenters. The van der Waals surface area contributed by atoms with E-state index in [2.05, 4.69) is 41.6 Å². The van der Waals surface area contributed by atoms with Gasteiger partial charge in [-0.15, -0.1) is 6.42 Å². The SMILES string of the molecule is C#C[C@@]1(O)CC[C@H]2[C@@H]3CCC4=C/C(=N\OCC(=O)N[C@@H](C(=O)N[C@@H](C(=O)O)[C@@H](C)CC)C(C)C)CC[C@]4(C)[C@H]3CC[C@@]21C. The van der Waals surface area contributed by atoms with Gasteiger partial charge in [-0.2, -0.15) is 0 Å². The summed E-state index contributed by atoms with van der Waals surface area (Å²) in [6, 6.07) is -1.92. The number of carboxylic acid groups (broad SMARTS) is 1. The molecule has 4 aliphatic carbocycles. The Labute approximate surface area is 256 Å². The lowest BCUT2D eigenvalue weighted by Gasteiger charge is -2.58. The number of aliphatic carboxylic acids is 1. The van der Waals surface area contributed by atoms with Crippen LogP contribution in [0.15, 0.2) is 16.8 Å². The summed E-state index contributed by atoms with van der Waals surface area (Å²) in [6.07, 6.45) is 16.1. The summed E-state index contributed by atoms with van der Waals surface area (Å²) in [7, 11) is 0. The summed E-state index contributed by atoms with van der Waals surface area (Å²) in [5.74, 6) is 1.70. The monoisotopic (exact) mass is 597 g/mol. The van der Waals surface area contributed by atoms with Crippen LogP contribution < -0.4 is 10.6 Å². The molecular formula is C34H51N3O6. The number of rotatable bonds is 10. The fourth-order valence-corrected chi connectivity index (χ4v) is 8.75. The number of hydrogen-bond acceptors (Lipinski definition) is 6. The molecule has 0 radical (unpaired) electrons. The number of aliphatic hydroxyl groups is 1. The standard InChI is InChI=1S/C34H51N3O6/c1-8-21(5)29(31(40)41)36-30(39)28(20(3)4)35-27(38)19-43-37-23-12-15-32(6)22(18-23)10-11-24-25(32)13-16-33(7)26(24)14-17-34(33,42)9-2/h2,18,20-21,24-26,28-29,42H,8,10-17,19H2,1,3-7H3,(H,35,38)(H,36,39)(H,40,41)/b37-23-/t21-,24+,25-,26-,28+,29+,32-,33-,34+/m0/s1. The van der Waals surface area contributed by atoms with Crippen LogP contribution in [0.2, 0.25) is 0 Å². The highest BCUT2D eigenvalue weighted by Gasteiger charge is 2.63. The first kappa shape index (κ1) is 33.0. The first-order valence-electron chi connectivity index (χ1n) is 16.1. The van der Waals surface area contributed by atoms with E-state index in [1.54, 1.807) is 20.8 Å². The maximum absolute atomic E-state index is 12.9. The van der Waals surface area contributed by atoms with Crippen LogP contribution in [0.5, 0.6) is 0 Å². The van der Waals surface area contributed by atoms with Crippen molar-refractivity contribution < 1.29 is 29.4 Å². The molecule has 9 heteroatoms. The summed E-state index contributed by atoms with van der Waals surface area (Å²) < 4.78 is 0. The topological polar surface area (TPSA) is 137 Å².